The third-order valence-corrected chi connectivity index (χ3v) is 3.10. The lowest BCUT2D eigenvalue weighted by Gasteiger charge is -2.22. The van der Waals surface area contributed by atoms with Crippen LogP contribution in [0.3, 0.4) is 0 Å². The minimum atomic E-state index is 0.427. The van der Waals surface area contributed by atoms with Crippen LogP contribution in [0, 0.1) is 0 Å². The first-order chi connectivity index (χ1) is 8.15. The van der Waals surface area contributed by atoms with Gasteiger partial charge in [-0.05, 0) is 32.5 Å². The summed E-state index contributed by atoms with van der Waals surface area (Å²) in [6.45, 7) is 4.97. The van der Waals surface area contributed by atoms with Gasteiger partial charge in [0, 0.05) is 25.7 Å². The molecule has 2 rings (SSSR count). The molecule has 0 bridgehead atoms. The minimum Gasteiger partial charge on any atom is -0.356 e. The Balaban J connectivity index is 2.57. The Morgan fingerprint density at radius 2 is 2.18 bits per heavy atom. The minimum absolute atomic E-state index is 0.427. The summed E-state index contributed by atoms with van der Waals surface area (Å²) >= 11 is 0. The predicted molar refractivity (Wildman–Crippen MR) is 71.5 cm³/mol. The van der Waals surface area contributed by atoms with Gasteiger partial charge >= 0.3 is 0 Å². The molecular formula is C13H20N4. The molecule has 0 aromatic carbocycles. The first-order valence-corrected chi connectivity index (χ1v) is 6.04. The van der Waals surface area contributed by atoms with Gasteiger partial charge in [0.25, 0.3) is 0 Å². The molecule has 2 aromatic rings. The van der Waals surface area contributed by atoms with Gasteiger partial charge in [-0.1, -0.05) is 6.07 Å². The Morgan fingerprint density at radius 3 is 2.82 bits per heavy atom. The van der Waals surface area contributed by atoms with E-state index in [1.807, 2.05) is 24.4 Å². The lowest BCUT2D eigenvalue weighted by molar-refractivity contribution is 0.737. The van der Waals surface area contributed by atoms with Crippen molar-refractivity contribution < 1.29 is 0 Å². The van der Waals surface area contributed by atoms with E-state index in [0.29, 0.717) is 12.6 Å². The quantitative estimate of drug-likeness (QED) is 0.872. The van der Waals surface area contributed by atoms with E-state index in [-0.39, 0.29) is 0 Å². The summed E-state index contributed by atoms with van der Waals surface area (Å²) < 4.78 is 2.13. The second kappa shape index (κ2) is 4.75. The molecule has 0 atom stereocenters. The summed E-state index contributed by atoms with van der Waals surface area (Å²) in [5, 5.41) is 0. The summed E-state index contributed by atoms with van der Waals surface area (Å²) in [5.74, 6) is 1.04. The number of pyridine rings is 1. The van der Waals surface area contributed by atoms with Gasteiger partial charge in [0.2, 0.25) is 0 Å². The molecule has 0 aliphatic rings. The molecule has 2 heterocycles. The van der Waals surface area contributed by atoms with Crippen molar-refractivity contribution in [2.24, 2.45) is 5.73 Å². The second-order valence-corrected chi connectivity index (χ2v) is 4.55. The van der Waals surface area contributed by atoms with Crippen molar-refractivity contribution in [2.75, 3.05) is 18.5 Å². The van der Waals surface area contributed by atoms with E-state index in [1.165, 1.54) is 5.69 Å². The SMILES string of the molecule is CC(C)N(C)c1nc2ccccn2c1CCN. The number of rotatable bonds is 4. The van der Waals surface area contributed by atoms with Crippen molar-refractivity contribution in [1.82, 2.24) is 9.38 Å². The fourth-order valence-corrected chi connectivity index (χ4v) is 1.93. The smallest absolute Gasteiger partial charge is 0.151 e. The van der Waals surface area contributed by atoms with Gasteiger partial charge in [0.05, 0.1) is 5.69 Å². The number of nitrogens with zero attached hydrogens (tertiary/aromatic N) is 3. The van der Waals surface area contributed by atoms with Crippen LogP contribution in [0.5, 0.6) is 0 Å². The Hall–Kier alpha value is -1.55. The van der Waals surface area contributed by atoms with Crippen LogP contribution in [0.2, 0.25) is 0 Å². The van der Waals surface area contributed by atoms with Gasteiger partial charge in [-0.3, -0.25) is 0 Å². The zero-order valence-corrected chi connectivity index (χ0v) is 10.7. The van der Waals surface area contributed by atoms with Crippen LogP contribution >= 0.6 is 0 Å². The molecule has 4 heteroatoms. The molecule has 0 unspecified atom stereocenters. The Morgan fingerprint density at radius 1 is 1.41 bits per heavy atom. The van der Waals surface area contributed by atoms with Crippen LogP contribution in [-0.2, 0) is 6.42 Å². The zero-order chi connectivity index (χ0) is 12.4. The van der Waals surface area contributed by atoms with Crippen molar-refractivity contribution in [3.05, 3.63) is 30.1 Å². The maximum absolute atomic E-state index is 5.70. The van der Waals surface area contributed by atoms with Crippen LogP contribution in [0.25, 0.3) is 5.65 Å². The summed E-state index contributed by atoms with van der Waals surface area (Å²) in [5.41, 5.74) is 7.87. The Kier molecular flexibility index (Phi) is 3.33. The average molecular weight is 232 g/mol. The lowest BCUT2D eigenvalue weighted by atomic mass is 10.2. The zero-order valence-electron chi connectivity index (χ0n) is 10.7. The monoisotopic (exact) mass is 232 g/mol. The lowest BCUT2D eigenvalue weighted by Crippen LogP contribution is -2.27. The van der Waals surface area contributed by atoms with Crippen LogP contribution in [0.4, 0.5) is 5.82 Å². The Bertz CT molecular complexity index is 501. The summed E-state index contributed by atoms with van der Waals surface area (Å²) in [4.78, 5) is 6.88. The highest BCUT2D eigenvalue weighted by atomic mass is 15.2. The second-order valence-electron chi connectivity index (χ2n) is 4.55. The normalized spacial score (nSPS) is 11.4. The van der Waals surface area contributed by atoms with E-state index >= 15 is 0 Å². The number of nitrogens with two attached hydrogens (primary N) is 1. The molecule has 17 heavy (non-hydrogen) atoms. The molecule has 0 saturated carbocycles. The van der Waals surface area contributed by atoms with E-state index < -0.39 is 0 Å². The number of hydrogen-bond acceptors (Lipinski definition) is 3. The molecule has 2 aromatic heterocycles. The van der Waals surface area contributed by atoms with E-state index in [2.05, 4.69) is 35.2 Å². The molecular weight excluding hydrogens is 212 g/mol. The van der Waals surface area contributed by atoms with Gasteiger partial charge in [0.15, 0.2) is 5.82 Å². The largest absolute Gasteiger partial charge is 0.356 e. The number of anilines is 1. The van der Waals surface area contributed by atoms with Gasteiger partial charge in [-0.2, -0.15) is 0 Å². The van der Waals surface area contributed by atoms with Crippen LogP contribution in [-0.4, -0.2) is 29.0 Å². The molecule has 0 fully saturated rings. The molecule has 0 aliphatic heterocycles. The number of aromatic nitrogens is 2. The number of imidazole rings is 1. The van der Waals surface area contributed by atoms with Crippen molar-refractivity contribution in [3.8, 4) is 0 Å². The number of fused-ring (bicyclic) bond motifs is 1. The molecule has 92 valence electrons. The van der Waals surface area contributed by atoms with E-state index in [0.717, 1.165) is 17.9 Å². The fourth-order valence-electron chi connectivity index (χ4n) is 1.93. The maximum atomic E-state index is 5.70. The van der Waals surface area contributed by atoms with E-state index in [9.17, 15) is 0 Å². The molecule has 0 radical (unpaired) electrons. The first kappa shape index (κ1) is 11.9. The van der Waals surface area contributed by atoms with Crippen molar-refractivity contribution in [3.63, 3.8) is 0 Å². The first-order valence-electron chi connectivity index (χ1n) is 6.04. The number of hydrogen-bond donors (Lipinski definition) is 1. The van der Waals surface area contributed by atoms with Gasteiger partial charge < -0.3 is 15.0 Å². The highest BCUT2D eigenvalue weighted by Crippen LogP contribution is 2.22. The molecule has 2 N–H and O–H groups in total. The highest BCUT2D eigenvalue weighted by Gasteiger charge is 2.16. The van der Waals surface area contributed by atoms with Gasteiger partial charge in [-0.15, -0.1) is 0 Å². The fraction of sp³-hybridized carbons (Fsp3) is 0.462. The predicted octanol–water partition coefficient (Wildman–Crippen LogP) is 1.68. The summed E-state index contributed by atoms with van der Waals surface area (Å²) in [6, 6.07) is 6.48. The molecule has 0 spiro atoms. The molecule has 0 aliphatic carbocycles. The van der Waals surface area contributed by atoms with E-state index in [1.54, 1.807) is 0 Å². The van der Waals surface area contributed by atoms with E-state index in [4.69, 9.17) is 5.73 Å². The van der Waals surface area contributed by atoms with Gasteiger partial charge in [-0.25, -0.2) is 4.98 Å². The van der Waals surface area contributed by atoms with Crippen LogP contribution < -0.4 is 10.6 Å². The van der Waals surface area contributed by atoms with Crippen LogP contribution in [0.1, 0.15) is 19.5 Å². The van der Waals surface area contributed by atoms with Crippen molar-refractivity contribution in [2.45, 2.75) is 26.3 Å². The molecule has 4 nitrogen and oxygen atoms in total. The average Bonchev–Trinajstić information content (AvgIpc) is 2.68. The molecule has 0 saturated heterocycles. The standard InChI is InChI=1S/C13H20N4/c1-10(2)16(3)13-11(7-8-14)17-9-5-4-6-12(17)15-13/h4-6,9-10H,7-8,14H2,1-3H3. The Labute approximate surface area is 102 Å². The van der Waals surface area contributed by atoms with Gasteiger partial charge in [0.1, 0.15) is 5.65 Å². The van der Waals surface area contributed by atoms with Crippen molar-refractivity contribution >= 4 is 11.5 Å². The molecule has 0 amide bonds. The third kappa shape index (κ3) is 2.13. The van der Waals surface area contributed by atoms with Crippen LogP contribution in [0.15, 0.2) is 24.4 Å². The highest BCUT2D eigenvalue weighted by molar-refractivity contribution is 5.56. The topological polar surface area (TPSA) is 46.6 Å². The maximum Gasteiger partial charge on any atom is 0.151 e. The third-order valence-electron chi connectivity index (χ3n) is 3.10. The van der Waals surface area contributed by atoms with Crippen molar-refractivity contribution in [1.29, 1.82) is 0 Å². The summed E-state index contributed by atoms with van der Waals surface area (Å²) in [7, 11) is 2.08. The summed E-state index contributed by atoms with van der Waals surface area (Å²) in [6.07, 6.45) is 2.89.